The van der Waals surface area contributed by atoms with E-state index < -0.39 is 11.9 Å². The van der Waals surface area contributed by atoms with E-state index in [4.69, 9.17) is 8.94 Å². The maximum absolute atomic E-state index is 14.0. The highest BCUT2D eigenvalue weighted by atomic mass is 19.1. The number of nitrogens with zero attached hydrogens (tertiary/aromatic N) is 3. The Bertz CT molecular complexity index is 1170. The molecule has 0 radical (unpaired) electrons. The molecule has 7 nitrogen and oxygen atoms in total. The number of benzene rings is 2. The summed E-state index contributed by atoms with van der Waals surface area (Å²) in [6, 6.07) is 12.7. The first-order chi connectivity index (χ1) is 14.0. The van der Waals surface area contributed by atoms with Gasteiger partial charge >= 0.3 is 0 Å². The minimum atomic E-state index is -0.477. The van der Waals surface area contributed by atoms with E-state index in [0.29, 0.717) is 28.4 Å². The van der Waals surface area contributed by atoms with Crippen LogP contribution in [0.1, 0.15) is 35.0 Å². The van der Waals surface area contributed by atoms with Crippen LogP contribution in [0.4, 0.5) is 4.39 Å². The summed E-state index contributed by atoms with van der Waals surface area (Å²) in [5.41, 5.74) is 1.15. The number of oxazole rings is 1. The third-order valence-electron chi connectivity index (χ3n) is 4.31. The van der Waals surface area contributed by atoms with E-state index in [1.807, 2.05) is 0 Å². The molecular formula is C21H17FN4O3. The molecule has 1 atom stereocenters. The number of halogens is 1. The van der Waals surface area contributed by atoms with Gasteiger partial charge in [0.15, 0.2) is 11.6 Å². The van der Waals surface area contributed by atoms with Crippen LogP contribution in [0.5, 0.6) is 0 Å². The molecule has 1 amide bonds. The number of aromatic nitrogens is 3. The highest BCUT2D eigenvalue weighted by molar-refractivity contribution is 6.00. The zero-order chi connectivity index (χ0) is 20.4. The Balaban J connectivity index is 1.62. The summed E-state index contributed by atoms with van der Waals surface area (Å²) >= 11 is 0. The number of amides is 1. The van der Waals surface area contributed by atoms with Crippen LogP contribution in [-0.4, -0.2) is 21.0 Å². The highest BCUT2D eigenvalue weighted by Gasteiger charge is 2.21. The lowest BCUT2D eigenvalue weighted by Crippen LogP contribution is -2.27. The van der Waals surface area contributed by atoms with Crippen LogP contribution in [0.15, 0.2) is 63.7 Å². The summed E-state index contributed by atoms with van der Waals surface area (Å²) in [6.07, 6.45) is 1.44. The van der Waals surface area contributed by atoms with Gasteiger partial charge in [-0.25, -0.2) is 9.37 Å². The number of carbonyl (C=O) groups excluding carboxylic acids is 1. The first kappa shape index (κ1) is 18.5. The molecule has 0 aliphatic rings. The second-order valence-corrected chi connectivity index (χ2v) is 6.43. The van der Waals surface area contributed by atoms with Gasteiger partial charge in [-0.3, -0.25) is 4.79 Å². The molecule has 146 valence electrons. The van der Waals surface area contributed by atoms with Crippen molar-refractivity contribution in [2.45, 2.75) is 19.9 Å². The zero-order valence-corrected chi connectivity index (χ0v) is 15.7. The summed E-state index contributed by atoms with van der Waals surface area (Å²) < 4.78 is 24.9. The minimum absolute atomic E-state index is 0.218. The molecule has 0 saturated carbocycles. The van der Waals surface area contributed by atoms with Gasteiger partial charge in [-0.15, -0.1) is 0 Å². The fourth-order valence-corrected chi connectivity index (χ4v) is 2.88. The van der Waals surface area contributed by atoms with E-state index in [2.05, 4.69) is 20.4 Å². The predicted molar refractivity (Wildman–Crippen MR) is 102 cm³/mol. The van der Waals surface area contributed by atoms with Gasteiger partial charge < -0.3 is 14.3 Å². The molecule has 2 aromatic carbocycles. The lowest BCUT2D eigenvalue weighted by molar-refractivity contribution is 0.0933. The summed E-state index contributed by atoms with van der Waals surface area (Å²) in [7, 11) is 0. The van der Waals surface area contributed by atoms with Crippen LogP contribution in [0.3, 0.4) is 0 Å². The van der Waals surface area contributed by atoms with E-state index in [1.54, 1.807) is 56.3 Å². The summed E-state index contributed by atoms with van der Waals surface area (Å²) in [5.74, 6) is 0.533. The number of rotatable bonds is 5. The van der Waals surface area contributed by atoms with Crippen LogP contribution in [0, 0.1) is 12.7 Å². The average Bonchev–Trinajstić information content (AvgIpc) is 3.38. The molecule has 0 aliphatic heterocycles. The van der Waals surface area contributed by atoms with Crippen LogP contribution < -0.4 is 5.32 Å². The van der Waals surface area contributed by atoms with Crippen molar-refractivity contribution >= 4 is 5.91 Å². The maximum atomic E-state index is 14.0. The molecule has 0 bridgehead atoms. The van der Waals surface area contributed by atoms with Gasteiger partial charge in [-0.2, -0.15) is 4.98 Å². The number of hydrogen-bond acceptors (Lipinski definition) is 6. The Morgan fingerprint density at radius 1 is 1.10 bits per heavy atom. The number of carbonyl (C=O) groups is 1. The fourth-order valence-electron chi connectivity index (χ4n) is 2.88. The predicted octanol–water partition coefficient (Wildman–Crippen LogP) is 4.33. The molecule has 1 N–H and O–H groups in total. The standard InChI is InChI=1S/C21H17FN4O3/c1-12(20-25-13(2)26-29-20)24-19(27)14-7-3-4-8-15(14)21-23-11-18(28-21)16-9-5-6-10-17(16)22/h3-12H,1-2H3,(H,24,27). The first-order valence-corrected chi connectivity index (χ1v) is 8.94. The number of hydrogen-bond donors (Lipinski definition) is 1. The molecule has 8 heteroatoms. The van der Waals surface area contributed by atoms with Gasteiger partial charge in [0, 0.05) is 5.56 Å². The summed E-state index contributed by atoms with van der Waals surface area (Å²) in [4.78, 5) is 21.2. The van der Waals surface area contributed by atoms with Crippen molar-refractivity contribution in [3.05, 3.63) is 77.8 Å². The second-order valence-electron chi connectivity index (χ2n) is 6.43. The SMILES string of the molecule is Cc1noc(C(C)NC(=O)c2ccccc2-c2ncc(-c3ccccc3F)o2)n1. The Morgan fingerprint density at radius 3 is 2.55 bits per heavy atom. The Morgan fingerprint density at radius 2 is 1.83 bits per heavy atom. The topological polar surface area (TPSA) is 94.1 Å². The van der Waals surface area contributed by atoms with E-state index in [-0.39, 0.29) is 17.6 Å². The fraction of sp³-hybridized carbons (Fsp3) is 0.143. The zero-order valence-electron chi connectivity index (χ0n) is 15.7. The largest absolute Gasteiger partial charge is 0.436 e. The van der Waals surface area contributed by atoms with Gasteiger partial charge in [0.1, 0.15) is 11.9 Å². The molecule has 29 heavy (non-hydrogen) atoms. The van der Waals surface area contributed by atoms with E-state index in [0.717, 1.165) is 0 Å². The molecular weight excluding hydrogens is 375 g/mol. The Hall–Kier alpha value is -3.81. The van der Waals surface area contributed by atoms with Crippen LogP contribution in [0.2, 0.25) is 0 Å². The van der Waals surface area contributed by atoms with E-state index in [9.17, 15) is 9.18 Å². The average molecular weight is 392 g/mol. The molecule has 0 aliphatic carbocycles. The van der Waals surface area contributed by atoms with E-state index in [1.165, 1.54) is 12.3 Å². The third kappa shape index (κ3) is 3.77. The third-order valence-corrected chi connectivity index (χ3v) is 4.31. The minimum Gasteiger partial charge on any atom is -0.436 e. The first-order valence-electron chi connectivity index (χ1n) is 8.94. The molecule has 1 unspecified atom stereocenters. The van der Waals surface area contributed by atoms with Gasteiger partial charge in [0.25, 0.3) is 5.91 Å². The normalized spacial score (nSPS) is 12.0. The summed E-state index contributed by atoms with van der Waals surface area (Å²) in [6.45, 7) is 3.45. The van der Waals surface area contributed by atoms with Crippen molar-refractivity contribution in [2.75, 3.05) is 0 Å². The van der Waals surface area contributed by atoms with Crippen LogP contribution >= 0.6 is 0 Å². The maximum Gasteiger partial charge on any atom is 0.252 e. The summed E-state index contributed by atoms with van der Waals surface area (Å²) in [5, 5.41) is 6.55. The van der Waals surface area contributed by atoms with Gasteiger partial charge in [-0.05, 0) is 38.1 Å². The quantitative estimate of drug-likeness (QED) is 0.543. The lowest BCUT2D eigenvalue weighted by Gasteiger charge is -2.11. The number of nitrogens with one attached hydrogen (secondary N) is 1. The molecule has 2 heterocycles. The van der Waals surface area contributed by atoms with Crippen molar-refractivity contribution in [3.63, 3.8) is 0 Å². The molecule has 4 aromatic rings. The van der Waals surface area contributed by atoms with Gasteiger partial charge in [0.2, 0.25) is 11.8 Å². The van der Waals surface area contributed by atoms with Crippen LogP contribution in [0.25, 0.3) is 22.8 Å². The monoisotopic (exact) mass is 392 g/mol. The highest BCUT2D eigenvalue weighted by Crippen LogP contribution is 2.29. The smallest absolute Gasteiger partial charge is 0.252 e. The van der Waals surface area contributed by atoms with E-state index >= 15 is 0 Å². The molecule has 2 aromatic heterocycles. The van der Waals surface area contributed by atoms with Gasteiger partial charge in [0.05, 0.1) is 17.3 Å². The molecule has 4 rings (SSSR count). The molecule has 0 fully saturated rings. The van der Waals surface area contributed by atoms with Crippen molar-refractivity contribution in [1.29, 1.82) is 0 Å². The van der Waals surface area contributed by atoms with Crippen molar-refractivity contribution in [1.82, 2.24) is 20.4 Å². The van der Waals surface area contributed by atoms with Crippen molar-refractivity contribution < 1.29 is 18.1 Å². The second kappa shape index (κ2) is 7.67. The van der Waals surface area contributed by atoms with Crippen molar-refractivity contribution in [2.24, 2.45) is 0 Å². The Labute approximate surface area is 165 Å². The van der Waals surface area contributed by atoms with Crippen molar-refractivity contribution in [3.8, 4) is 22.8 Å². The van der Waals surface area contributed by atoms with Gasteiger partial charge in [-0.1, -0.05) is 29.4 Å². The Kier molecular flexibility index (Phi) is 4.90. The lowest BCUT2D eigenvalue weighted by atomic mass is 10.1. The molecule has 0 saturated heterocycles. The number of aryl methyl sites for hydroxylation is 1. The molecule has 0 spiro atoms. The van der Waals surface area contributed by atoms with Crippen LogP contribution in [-0.2, 0) is 0 Å².